The molecule has 1 aromatic rings. The highest BCUT2D eigenvalue weighted by molar-refractivity contribution is 7.18. The molecule has 144 valence electrons. The number of piperidine rings is 1. The normalized spacial score (nSPS) is 19.6. The summed E-state index contributed by atoms with van der Waals surface area (Å²) in [4.78, 5) is 26.9. The van der Waals surface area contributed by atoms with Crippen molar-refractivity contribution >= 4 is 28.2 Å². The molecule has 2 saturated heterocycles. The Hall–Kier alpha value is -1.48. The van der Waals surface area contributed by atoms with Crippen LogP contribution in [0.1, 0.15) is 35.0 Å². The van der Waals surface area contributed by atoms with E-state index in [1.54, 1.807) is 6.92 Å². The number of nitrogens with one attached hydrogen (secondary N) is 1. The van der Waals surface area contributed by atoms with Crippen molar-refractivity contribution in [3.8, 4) is 0 Å². The molecule has 0 spiro atoms. The number of hydrogen-bond acceptors (Lipinski definition) is 7. The van der Waals surface area contributed by atoms with Crippen LogP contribution in [0.5, 0.6) is 0 Å². The monoisotopic (exact) mass is 382 g/mol. The van der Waals surface area contributed by atoms with Crippen LogP contribution in [0.4, 0.5) is 5.00 Å². The summed E-state index contributed by atoms with van der Waals surface area (Å²) >= 11 is 1.26. The van der Waals surface area contributed by atoms with Gasteiger partial charge in [0.15, 0.2) is 6.29 Å². The van der Waals surface area contributed by atoms with Crippen LogP contribution < -0.4 is 5.32 Å². The highest BCUT2D eigenvalue weighted by atomic mass is 32.1. The Morgan fingerprint density at radius 2 is 2.00 bits per heavy atom. The van der Waals surface area contributed by atoms with Crippen LogP contribution in [0.2, 0.25) is 0 Å². The molecule has 26 heavy (non-hydrogen) atoms. The summed E-state index contributed by atoms with van der Waals surface area (Å²) in [5.41, 5.74) is 0.820. The number of aryl methyl sites for hydroxylation is 1. The second kappa shape index (κ2) is 8.94. The maximum absolute atomic E-state index is 12.3. The zero-order valence-corrected chi connectivity index (χ0v) is 16.1. The number of amides is 1. The fourth-order valence-corrected chi connectivity index (χ4v) is 4.34. The second-order valence-electron chi connectivity index (χ2n) is 6.61. The average molecular weight is 382 g/mol. The van der Waals surface area contributed by atoms with Crippen molar-refractivity contribution in [1.82, 2.24) is 4.90 Å². The average Bonchev–Trinajstić information content (AvgIpc) is 3.25. The maximum Gasteiger partial charge on any atom is 0.348 e. The fraction of sp³-hybridized carbons (Fsp3) is 0.667. The van der Waals surface area contributed by atoms with Gasteiger partial charge in [-0.1, -0.05) is 0 Å². The quantitative estimate of drug-likeness (QED) is 0.761. The van der Waals surface area contributed by atoms with Crippen LogP contribution in [0.3, 0.4) is 0 Å². The molecule has 2 fully saturated rings. The van der Waals surface area contributed by atoms with Crippen LogP contribution in [0.15, 0.2) is 6.07 Å². The standard InChI is InChI=1S/C18H26N2O5S/c1-3-23-17(22)16-12(2)10-15(26-16)19-14(21)11-20-6-4-13(5-7-20)18-24-8-9-25-18/h10,13,18H,3-9,11H2,1-2H3,(H,19,21). The van der Waals surface area contributed by atoms with Gasteiger partial charge in [-0.2, -0.15) is 0 Å². The third kappa shape index (κ3) is 4.82. The molecule has 1 N–H and O–H groups in total. The van der Waals surface area contributed by atoms with Gasteiger partial charge in [-0.15, -0.1) is 11.3 Å². The van der Waals surface area contributed by atoms with E-state index in [0.717, 1.165) is 31.5 Å². The van der Waals surface area contributed by atoms with E-state index in [1.165, 1.54) is 11.3 Å². The number of thiophene rings is 1. The number of nitrogens with zero attached hydrogens (tertiary/aromatic N) is 1. The topological polar surface area (TPSA) is 77.1 Å². The van der Waals surface area contributed by atoms with E-state index < -0.39 is 0 Å². The lowest BCUT2D eigenvalue weighted by molar-refractivity contribution is -0.119. The summed E-state index contributed by atoms with van der Waals surface area (Å²) in [5, 5.41) is 3.57. The molecule has 1 aromatic heterocycles. The summed E-state index contributed by atoms with van der Waals surface area (Å²) in [6, 6.07) is 1.82. The minimum atomic E-state index is -0.339. The molecule has 0 saturated carbocycles. The zero-order valence-electron chi connectivity index (χ0n) is 15.3. The number of rotatable bonds is 6. The lowest BCUT2D eigenvalue weighted by Gasteiger charge is -2.33. The molecule has 0 atom stereocenters. The van der Waals surface area contributed by atoms with Crippen LogP contribution in [-0.2, 0) is 19.0 Å². The molecule has 3 heterocycles. The van der Waals surface area contributed by atoms with E-state index in [9.17, 15) is 9.59 Å². The Morgan fingerprint density at radius 1 is 1.31 bits per heavy atom. The second-order valence-corrected chi connectivity index (χ2v) is 7.67. The Morgan fingerprint density at radius 3 is 2.65 bits per heavy atom. The lowest BCUT2D eigenvalue weighted by Crippen LogP contribution is -2.41. The minimum absolute atomic E-state index is 0.0616. The van der Waals surface area contributed by atoms with E-state index >= 15 is 0 Å². The molecule has 0 radical (unpaired) electrons. The minimum Gasteiger partial charge on any atom is -0.462 e. The lowest BCUT2D eigenvalue weighted by atomic mass is 9.96. The van der Waals surface area contributed by atoms with Gasteiger partial charge in [0, 0.05) is 5.92 Å². The Labute approximate surface area is 157 Å². The number of hydrogen-bond donors (Lipinski definition) is 1. The van der Waals surface area contributed by atoms with E-state index in [-0.39, 0.29) is 18.2 Å². The molecule has 7 nitrogen and oxygen atoms in total. The van der Waals surface area contributed by atoms with Gasteiger partial charge in [0.2, 0.25) is 5.91 Å². The predicted octanol–water partition coefficient (Wildman–Crippen LogP) is 2.26. The van der Waals surface area contributed by atoms with Crippen molar-refractivity contribution < 1.29 is 23.8 Å². The van der Waals surface area contributed by atoms with Gasteiger partial charge in [-0.05, 0) is 51.4 Å². The van der Waals surface area contributed by atoms with Crippen molar-refractivity contribution in [3.63, 3.8) is 0 Å². The molecular weight excluding hydrogens is 356 g/mol. The molecule has 1 amide bonds. The van der Waals surface area contributed by atoms with Crippen molar-refractivity contribution in [3.05, 3.63) is 16.5 Å². The highest BCUT2D eigenvalue weighted by Crippen LogP contribution is 2.28. The molecular formula is C18H26N2O5S. The number of carbonyl (C=O) groups is 2. The smallest absolute Gasteiger partial charge is 0.348 e. The molecule has 0 aromatic carbocycles. The molecule has 0 unspecified atom stereocenters. The highest BCUT2D eigenvalue weighted by Gasteiger charge is 2.30. The number of carbonyl (C=O) groups excluding carboxylic acids is 2. The third-order valence-corrected chi connectivity index (χ3v) is 5.81. The van der Waals surface area contributed by atoms with Gasteiger partial charge in [0.05, 0.1) is 31.4 Å². The predicted molar refractivity (Wildman–Crippen MR) is 98.5 cm³/mol. The maximum atomic E-state index is 12.3. The van der Waals surface area contributed by atoms with Gasteiger partial charge in [0.25, 0.3) is 0 Å². The van der Waals surface area contributed by atoms with Crippen LogP contribution in [-0.4, -0.2) is 62.5 Å². The van der Waals surface area contributed by atoms with E-state index in [1.807, 2.05) is 13.0 Å². The van der Waals surface area contributed by atoms with Crippen molar-refractivity contribution in [1.29, 1.82) is 0 Å². The summed E-state index contributed by atoms with van der Waals surface area (Å²) in [6.45, 7) is 7.39. The fourth-order valence-electron chi connectivity index (χ4n) is 3.36. The van der Waals surface area contributed by atoms with Gasteiger partial charge < -0.3 is 19.5 Å². The molecule has 3 rings (SSSR count). The Kier molecular flexibility index (Phi) is 6.63. The summed E-state index contributed by atoms with van der Waals surface area (Å²) in [5.74, 6) is 0.0197. The van der Waals surface area contributed by atoms with E-state index in [0.29, 0.717) is 42.2 Å². The van der Waals surface area contributed by atoms with Crippen molar-refractivity contribution in [2.45, 2.75) is 33.0 Å². The van der Waals surface area contributed by atoms with E-state index in [2.05, 4.69) is 10.2 Å². The van der Waals surface area contributed by atoms with Crippen LogP contribution in [0, 0.1) is 12.8 Å². The number of esters is 1. The third-order valence-electron chi connectivity index (χ3n) is 4.67. The summed E-state index contributed by atoms with van der Waals surface area (Å²) in [6.07, 6.45) is 1.88. The first kappa shape index (κ1) is 19.3. The first-order valence-electron chi connectivity index (χ1n) is 9.09. The molecule has 0 aliphatic carbocycles. The molecule has 0 bridgehead atoms. The van der Waals surface area contributed by atoms with Crippen molar-refractivity contribution in [2.24, 2.45) is 5.92 Å². The summed E-state index contributed by atoms with van der Waals surface area (Å²) in [7, 11) is 0. The van der Waals surface area contributed by atoms with Gasteiger partial charge in [-0.25, -0.2) is 4.79 Å². The molecule has 8 heteroatoms. The van der Waals surface area contributed by atoms with E-state index in [4.69, 9.17) is 14.2 Å². The van der Waals surface area contributed by atoms with Gasteiger partial charge >= 0.3 is 5.97 Å². The molecule has 2 aliphatic heterocycles. The van der Waals surface area contributed by atoms with Crippen LogP contribution in [0.25, 0.3) is 0 Å². The largest absolute Gasteiger partial charge is 0.462 e. The SMILES string of the molecule is CCOC(=O)c1sc(NC(=O)CN2CCC(C3OCCO3)CC2)cc1C. The number of anilines is 1. The first-order valence-corrected chi connectivity index (χ1v) is 9.91. The summed E-state index contributed by atoms with van der Waals surface area (Å²) < 4.78 is 16.2. The number of ether oxygens (including phenoxy) is 3. The first-order chi connectivity index (χ1) is 12.6. The molecule has 2 aliphatic rings. The Bertz CT molecular complexity index is 634. The zero-order chi connectivity index (χ0) is 18.5. The van der Waals surface area contributed by atoms with Gasteiger partial charge in [0.1, 0.15) is 4.88 Å². The van der Waals surface area contributed by atoms with Crippen molar-refractivity contribution in [2.75, 3.05) is 44.8 Å². The van der Waals surface area contributed by atoms with Crippen LogP contribution >= 0.6 is 11.3 Å². The van der Waals surface area contributed by atoms with Gasteiger partial charge in [-0.3, -0.25) is 9.69 Å². The number of likely N-dealkylation sites (tertiary alicyclic amines) is 1. The Balaban J connectivity index is 1.46.